The average molecular weight is 343 g/mol. The number of amides is 1. The van der Waals surface area contributed by atoms with Gasteiger partial charge in [0.2, 0.25) is 17.7 Å². The quantitative estimate of drug-likeness (QED) is 0.794. The first-order valence-electron chi connectivity index (χ1n) is 8.61. The van der Waals surface area contributed by atoms with Gasteiger partial charge in [0.25, 0.3) is 0 Å². The van der Waals surface area contributed by atoms with Crippen LogP contribution < -0.4 is 0 Å². The number of hydrogen-bond donors (Lipinski definition) is 0. The Morgan fingerprint density at radius 3 is 3.04 bits per heavy atom. The number of hydrogen-bond acceptors (Lipinski definition) is 5. The molecule has 0 bridgehead atoms. The Morgan fingerprint density at radius 2 is 2.25 bits per heavy atom. The summed E-state index contributed by atoms with van der Waals surface area (Å²) in [7, 11) is 0. The minimum Gasteiger partial charge on any atom is -0.420 e. The maximum atomic E-state index is 12.7. The number of carbonyl (C=O) groups excluding carboxylic acids is 1. The van der Waals surface area contributed by atoms with Gasteiger partial charge in [-0.25, -0.2) is 0 Å². The Labute approximate surface area is 145 Å². The van der Waals surface area contributed by atoms with E-state index in [0.717, 1.165) is 44.2 Å². The molecule has 1 aliphatic carbocycles. The molecule has 2 aliphatic rings. The number of piperidine rings is 1. The average Bonchev–Trinajstić information content (AvgIpc) is 3.33. The van der Waals surface area contributed by atoms with Crippen molar-refractivity contribution >= 4 is 17.2 Å². The highest BCUT2D eigenvalue weighted by Gasteiger charge is 2.31. The highest BCUT2D eigenvalue weighted by molar-refractivity contribution is 7.08. The minimum absolute atomic E-state index is 0.151. The molecule has 4 rings (SSSR count). The molecule has 0 N–H and O–H groups in total. The molecular formula is C18H21N3O2S. The number of carbonyl (C=O) groups is 1. The smallest absolute Gasteiger partial charge is 0.248 e. The van der Waals surface area contributed by atoms with E-state index in [4.69, 9.17) is 4.42 Å². The van der Waals surface area contributed by atoms with Crippen LogP contribution in [0.25, 0.3) is 11.5 Å². The number of thiophene rings is 1. The summed E-state index contributed by atoms with van der Waals surface area (Å²) < 4.78 is 5.88. The summed E-state index contributed by atoms with van der Waals surface area (Å²) in [5, 5.41) is 12.4. The van der Waals surface area contributed by atoms with Gasteiger partial charge in [-0.3, -0.25) is 4.79 Å². The Morgan fingerprint density at radius 1 is 1.29 bits per heavy atom. The first kappa shape index (κ1) is 15.6. The maximum absolute atomic E-state index is 12.7. The molecule has 2 atom stereocenters. The number of rotatable bonds is 3. The van der Waals surface area contributed by atoms with Gasteiger partial charge in [-0.2, -0.15) is 11.3 Å². The predicted molar refractivity (Wildman–Crippen MR) is 92.6 cm³/mol. The summed E-state index contributed by atoms with van der Waals surface area (Å²) in [6.45, 7) is 1.55. The van der Waals surface area contributed by atoms with Crippen molar-refractivity contribution < 1.29 is 9.21 Å². The number of allylic oxidation sites excluding steroid dienone is 2. The molecule has 2 aromatic rings. The second-order valence-corrected chi connectivity index (χ2v) is 7.34. The first-order valence-corrected chi connectivity index (χ1v) is 9.55. The molecule has 5 nitrogen and oxygen atoms in total. The Kier molecular flexibility index (Phi) is 4.47. The topological polar surface area (TPSA) is 59.2 Å². The van der Waals surface area contributed by atoms with Gasteiger partial charge in [0.05, 0.1) is 5.92 Å². The van der Waals surface area contributed by atoms with Crippen LogP contribution in [0.5, 0.6) is 0 Å². The maximum Gasteiger partial charge on any atom is 0.248 e. The molecule has 0 spiro atoms. The highest BCUT2D eigenvalue weighted by Crippen LogP contribution is 2.31. The Balaban J connectivity index is 1.45. The lowest BCUT2D eigenvalue weighted by Crippen LogP contribution is -2.42. The molecule has 1 fully saturated rings. The third-order valence-corrected chi connectivity index (χ3v) is 5.59. The van der Waals surface area contributed by atoms with Gasteiger partial charge in [0.15, 0.2) is 0 Å². The molecule has 6 heteroatoms. The van der Waals surface area contributed by atoms with Crippen molar-refractivity contribution in [2.24, 2.45) is 5.92 Å². The van der Waals surface area contributed by atoms with Gasteiger partial charge in [-0.05, 0) is 43.6 Å². The van der Waals surface area contributed by atoms with Crippen LogP contribution in [0.4, 0.5) is 0 Å². The number of likely N-dealkylation sites (tertiary alicyclic amines) is 1. The van der Waals surface area contributed by atoms with E-state index in [1.165, 1.54) is 0 Å². The summed E-state index contributed by atoms with van der Waals surface area (Å²) in [6, 6.07) is 1.98. The van der Waals surface area contributed by atoms with E-state index in [0.29, 0.717) is 24.2 Å². The van der Waals surface area contributed by atoms with Crippen LogP contribution in [0.3, 0.4) is 0 Å². The van der Waals surface area contributed by atoms with Gasteiger partial charge in [0.1, 0.15) is 0 Å². The molecule has 3 heterocycles. The van der Waals surface area contributed by atoms with E-state index in [1.807, 2.05) is 21.7 Å². The molecule has 1 aliphatic heterocycles. The van der Waals surface area contributed by atoms with Crippen molar-refractivity contribution in [2.45, 2.75) is 38.0 Å². The normalized spacial score (nSPS) is 24.2. The Bertz CT molecular complexity index is 722. The fourth-order valence-corrected chi connectivity index (χ4v) is 4.19. The van der Waals surface area contributed by atoms with Gasteiger partial charge in [0, 0.05) is 30.0 Å². The molecule has 2 aromatic heterocycles. The van der Waals surface area contributed by atoms with Crippen LogP contribution >= 0.6 is 11.3 Å². The zero-order valence-electron chi connectivity index (χ0n) is 13.6. The standard InChI is InChI=1S/C18H21N3O2S/c22-18(13-5-2-1-3-6-13)21-9-4-7-14(11-21)16-19-20-17(23-16)15-8-10-24-12-15/h1-2,8,10,12-14H,3-7,9,11H2. The van der Waals surface area contributed by atoms with Gasteiger partial charge in [-0.1, -0.05) is 12.2 Å². The highest BCUT2D eigenvalue weighted by atomic mass is 32.1. The first-order chi connectivity index (χ1) is 11.8. The van der Waals surface area contributed by atoms with Crippen molar-refractivity contribution in [1.29, 1.82) is 0 Å². The van der Waals surface area contributed by atoms with E-state index in [-0.39, 0.29) is 11.8 Å². The van der Waals surface area contributed by atoms with E-state index >= 15 is 0 Å². The van der Waals surface area contributed by atoms with Crippen LogP contribution in [0.15, 0.2) is 33.4 Å². The van der Waals surface area contributed by atoms with Crippen molar-refractivity contribution in [3.8, 4) is 11.5 Å². The van der Waals surface area contributed by atoms with Crippen molar-refractivity contribution in [3.63, 3.8) is 0 Å². The fraction of sp³-hybridized carbons (Fsp3) is 0.500. The molecule has 1 amide bonds. The molecule has 126 valence electrons. The molecule has 0 radical (unpaired) electrons. The van der Waals surface area contributed by atoms with E-state index in [1.54, 1.807) is 11.3 Å². The third kappa shape index (κ3) is 3.15. The van der Waals surface area contributed by atoms with E-state index in [2.05, 4.69) is 22.3 Å². The van der Waals surface area contributed by atoms with Crippen LogP contribution in [-0.2, 0) is 4.79 Å². The molecule has 24 heavy (non-hydrogen) atoms. The molecule has 0 saturated carbocycles. The lowest BCUT2D eigenvalue weighted by molar-refractivity contribution is -0.137. The van der Waals surface area contributed by atoms with Gasteiger partial charge in [-0.15, -0.1) is 10.2 Å². The number of aromatic nitrogens is 2. The monoisotopic (exact) mass is 343 g/mol. The molecular weight excluding hydrogens is 322 g/mol. The molecule has 0 aromatic carbocycles. The second-order valence-electron chi connectivity index (χ2n) is 6.56. The second kappa shape index (κ2) is 6.89. The lowest BCUT2D eigenvalue weighted by atomic mass is 9.91. The van der Waals surface area contributed by atoms with Crippen LogP contribution in [0.2, 0.25) is 0 Å². The third-order valence-electron chi connectivity index (χ3n) is 4.91. The van der Waals surface area contributed by atoms with Gasteiger partial charge >= 0.3 is 0 Å². The van der Waals surface area contributed by atoms with Crippen LogP contribution in [0.1, 0.15) is 43.9 Å². The molecule has 2 unspecified atom stereocenters. The van der Waals surface area contributed by atoms with E-state index in [9.17, 15) is 4.79 Å². The fourth-order valence-electron chi connectivity index (χ4n) is 3.56. The molecule has 1 saturated heterocycles. The van der Waals surface area contributed by atoms with Crippen LogP contribution in [-0.4, -0.2) is 34.1 Å². The summed E-state index contributed by atoms with van der Waals surface area (Å²) in [4.78, 5) is 14.8. The van der Waals surface area contributed by atoms with Crippen molar-refractivity contribution in [2.75, 3.05) is 13.1 Å². The van der Waals surface area contributed by atoms with E-state index < -0.39 is 0 Å². The predicted octanol–water partition coefficient (Wildman–Crippen LogP) is 3.86. The SMILES string of the molecule is O=C(C1CC=CCC1)N1CCCC(c2nnc(-c3ccsc3)o2)C1. The lowest BCUT2D eigenvalue weighted by Gasteiger charge is -2.34. The van der Waals surface area contributed by atoms with Crippen LogP contribution in [0, 0.1) is 5.92 Å². The zero-order valence-corrected chi connectivity index (χ0v) is 14.4. The van der Waals surface area contributed by atoms with Crippen molar-refractivity contribution in [1.82, 2.24) is 15.1 Å². The van der Waals surface area contributed by atoms with Gasteiger partial charge < -0.3 is 9.32 Å². The Hall–Kier alpha value is -1.95. The summed E-state index contributed by atoms with van der Waals surface area (Å²) in [5.41, 5.74) is 0.969. The summed E-state index contributed by atoms with van der Waals surface area (Å²) in [5.74, 6) is 1.84. The number of nitrogens with zero attached hydrogens (tertiary/aromatic N) is 3. The largest absolute Gasteiger partial charge is 0.420 e. The minimum atomic E-state index is 0.151. The summed E-state index contributed by atoms with van der Waals surface area (Å²) >= 11 is 1.61. The zero-order chi connectivity index (χ0) is 16.4. The van der Waals surface area contributed by atoms with Crippen molar-refractivity contribution in [3.05, 3.63) is 34.9 Å². The summed E-state index contributed by atoms with van der Waals surface area (Å²) in [6.07, 6.45) is 9.17.